The maximum atomic E-state index is 5.80. The predicted molar refractivity (Wildman–Crippen MR) is 89.3 cm³/mol. The van der Waals surface area contributed by atoms with Crippen molar-refractivity contribution in [1.82, 2.24) is 15.0 Å². The van der Waals surface area contributed by atoms with Crippen molar-refractivity contribution in [3.63, 3.8) is 0 Å². The fourth-order valence-corrected chi connectivity index (χ4v) is 2.34. The SMILES string of the molecule is c1ccc(Oc2ccc(-c3ccc4cncnc4n3)cc2)cc1. The zero-order chi connectivity index (χ0) is 15.5. The lowest BCUT2D eigenvalue weighted by Gasteiger charge is -2.07. The Morgan fingerprint density at radius 1 is 0.739 bits per heavy atom. The molecule has 2 aromatic carbocycles. The molecule has 0 aliphatic heterocycles. The summed E-state index contributed by atoms with van der Waals surface area (Å²) in [6.45, 7) is 0. The van der Waals surface area contributed by atoms with Gasteiger partial charge in [0.25, 0.3) is 0 Å². The molecule has 23 heavy (non-hydrogen) atoms. The average molecular weight is 299 g/mol. The zero-order valence-corrected chi connectivity index (χ0v) is 12.3. The van der Waals surface area contributed by atoms with Gasteiger partial charge in [0.1, 0.15) is 17.8 Å². The van der Waals surface area contributed by atoms with E-state index >= 15 is 0 Å². The van der Waals surface area contributed by atoms with E-state index in [2.05, 4.69) is 15.0 Å². The molecule has 0 unspecified atom stereocenters. The topological polar surface area (TPSA) is 47.9 Å². The molecule has 0 bridgehead atoms. The molecule has 0 atom stereocenters. The smallest absolute Gasteiger partial charge is 0.163 e. The quantitative estimate of drug-likeness (QED) is 0.559. The van der Waals surface area contributed by atoms with Gasteiger partial charge in [0.05, 0.1) is 5.69 Å². The first kappa shape index (κ1) is 13.4. The summed E-state index contributed by atoms with van der Waals surface area (Å²) in [4.78, 5) is 12.8. The van der Waals surface area contributed by atoms with Crippen LogP contribution in [0, 0.1) is 0 Å². The van der Waals surface area contributed by atoms with Gasteiger partial charge in [0.2, 0.25) is 0 Å². The van der Waals surface area contributed by atoms with Crippen LogP contribution >= 0.6 is 0 Å². The fourth-order valence-electron chi connectivity index (χ4n) is 2.34. The standard InChI is InChI=1S/C19H13N3O/c1-2-4-16(5-3-1)23-17-9-6-14(7-10-17)18-11-8-15-12-20-13-21-19(15)22-18/h1-13H. The summed E-state index contributed by atoms with van der Waals surface area (Å²) in [5.41, 5.74) is 2.59. The summed E-state index contributed by atoms with van der Waals surface area (Å²) in [7, 11) is 0. The van der Waals surface area contributed by atoms with Gasteiger partial charge in [-0.1, -0.05) is 18.2 Å². The third kappa shape index (κ3) is 2.87. The van der Waals surface area contributed by atoms with Crippen molar-refractivity contribution in [2.75, 3.05) is 0 Å². The molecule has 4 rings (SSSR count). The second kappa shape index (κ2) is 5.85. The summed E-state index contributed by atoms with van der Waals surface area (Å²) < 4.78 is 5.80. The highest BCUT2D eigenvalue weighted by molar-refractivity contribution is 5.77. The molecule has 0 amide bonds. The van der Waals surface area contributed by atoms with Crippen molar-refractivity contribution >= 4 is 11.0 Å². The van der Waals surface area contributed by atoms with Gasteiger partial charge in [-0.3, -0.25) is 0 Å². The van der Waals surface area contributed by atoms with Gasteiger partial charge in [-0.25, -0.2) is 15.0 Å². The van der Waals surface area contributed by atoms with E-state index in [-0.39, 0.29) is 0 Å². The Morgan fingerprint density at radius 2 is 1.52 bits per heavy atom. The Bertz CT molecular complexity index is 937. The highest BCUT2D eigenvalue weighted by Gasteiger charge is 2.03. The Morgan fingerprint density at radius 3 is 2.35 bits per heavy atom. The number of benzene rings is 2. The molecule has 4 heteroatoms. The van der Waals surface area contributed by atoms with Gasteiger partial charge in [0, 0.05) is 17.1 Å². The molecular weight excluding hydrogens is 286 g/mol. The Balaban J connectivity index is 1.61. The van der Waals surface area contributed by atoms with Crippen LogP contribution in [0.2, 0.25) is 0 Å². The van der Waals surface area contributed by atoms with E-state index in [1.165, 1.54) is 6.33 Å². The van der Waals surface area contributed by atoms with E-state index in [0.717, 1.165) is 28.1 Å². The van der Waals surface area contributed by atoms with Crippen LogP contribution in [-0.2, 0) is 0 Å². The maximum Gasteiger partial charge on any atom is 0.163 e. The number of nitrogens with zero attached hydrogens (tertiary/aromatic N) is 3. The molecule has 4 aromatic rings. The first-order chi connectivity index (χ1) is 11.4. The molecule has 2 aromatic heterocycles. The van der Waals surface area contributed by atoms with Gasteiger partial charge >= 0.3 is 0 Å². The van der Waals surface area contributed by atoms with Crippen molar-refractivity contribution in [3.8, 4) is 22.8 Å². The van der Waals surface area contributed by atoms with Gasteiger partial charge in [-0.2, -0.15) is 0 Å². The molecule has 0 radical (unpaired) electrons. The molecule has 2 heterocycles. The molecule has 0 spiro atoms. The number of aromatic nitrogens is 3. The van der Waals surface area contributed by atoms with Crippen LogP contribution < -0.4 is 4.74 Å². The summed E-state index contributed by atoms with van der Waals surface area (Å²) in [5, 5.41) is 0.931. The lowest BCUT2D eigenvalue weighted by Crippen LogP contribution is -1.89. The molecular formula is C19H13N3O. The summed E-state index contributed by atoms with van der Waals surface area (Å²) in [5.74, 6) is 1.61. The molecule has 0 aliphatic carbocycles. The van der Waals surface area contributed by atoms with Gasteiger partial charge in [-0.05, 0) is 48.5 Å². The van der Waals surface area contributed by atoms with E-state index in [1.807, 2.05) is 66.7 Å². The summed E-state index contributed by atoms with van der Waals surface area (Å²) >= 11 is 0. The Hall–Kier alpha value is -3.27. The minimum atomic E-state index is 0.696. The van der Waals surface area contributed by atoms with Crippen LogP contribution in [0.15, 0.2) is 79.3 Å². The molecule has 0 N–H and O–H groups in total. The molecule has 0 fully saturated rings. The predicted octanol–water partition coefficient (Wildman–Crippen LogP) is 4.48. The van der Waals surface area contributed by atoms with Crippen LogP contribution in [0.4, 0.5) is 0 Å². The third-order valence-corrected chi connectivity index (χ3v) is 3.49. The highest BCUT2D eigenvalue weighted by Crippen LogP contribution is 2.25. The van der Waals surface area contributed by atoms with Crippen molar-refractivity contribution in [3.05, 3.63) is 79.3 Å². The van der Waals surface area contributed by atoms with Gasteiger partial charge in [-0.15, -0.1) is 0 Å². The van der Waals surface area contributed by atoms with Gasteiger partial charge < -0.3 is 4.74 Å². The van der Waals surface area contributed by atoms with Crippen molar-refractivity contribution in [2.24, 2.45) is 0 Å². The van der Waals surface area contributed by atoms with Crippen LogP contribution in [0.5, 0.6) is 11.5 Å². The zero-order valence-electron chi connectivity index (χ0n) is 12.3. The number of hydrogen-bond donors (Lipinski definition) is 0. The Kier molecular flexibility index (Phi) is 3.41. The van der Waals surface area contributed by atoms with Crippen LogP contribution in [-0.4, -0.2) is 15.0 Å². The second-order valence-corrected chi connectivity index (χ2v) is 5.07. The number of ether oxygens (including phenoxy) is 1. The van der Waals surface area contributed by atoms with Crippen molar-refractivity contribution in [1.29, 1.82) is 0 Å². The van der Waals surface area contributed by atoms with Crippen LogP contribution in [0.1, 0.15) is 0 Å². The van der Waals surface area contributed by atoms with E-state index in [4.69, 9.17) is 4.74 Å². The summed E-state index contributed by atoms with van der Waals surface area (Å²) in [6.07, 6.45) is 3.27. The van der Waals surface area contributed by atoms with E-state index < -0.39 is 0 Å². The minimum Gasteiger partial charge on any atom is -0.457 e. The number of rotatable bonds is 3. The molecule has 110 valence electrons. The van der Waals surface area contributed by atoms with E-state index in [0.29, 0.717) is 5.65 Å². The molecule has 0 saturated heterocycles. The lowest BCUT2D eigenvalue weighted by molar-refractivity contribution is 0.483. The first-order valence-corrected chi connectivity index (χ1v) is 7.29. The van der Waals surface area contributed by atoms with E-state index in [9.17, 15) is 0 Å². The highest BCUT2D eigenvalue weighted by atomic mass is 16.5. The number of fused-ring (bicyclic) bond motifs is 1. The van der Waals surface area contributed by atoms with Crippen LogP contribution in [0.25, 0.3) is 22.3 Å². The number of pyridine rings is 1. The summed E-state index contributed by atoms with van der Waals surface area (Å²) in [6, 6.07) is 21.5. The molecule has 0 saturated carbocycles. The first-order valence-electron chi connectivity index (χ1n) is 7.29. The van der Waals surface area contributed by atoms with Crippen molar-refractivity contribution < 1.29 is 4.74 Å². The Labute approximate surface area is 133 Å². The largest absolute Gasteiger partial charge is 0.457 e. The second-order valence-electron chi connectivity index (χ2n) is 5.07. The van der Waals surface area contributed by atoms with Crippen molar-refractivity contribution in [2.45, 2.75) is 0 Å². The monoisotopic (exact) mass is 299 g/mol. The van der Waals surface area contributed by atoms with Gasteiger partial charge in [0.15, 0.2) is 5.65 Å². The van der Waals surface area contributed by atoms with Crippen LogP contribution in [0.3, 0.4) is 0 Å². The fraction of sp³-hybridized carbons (Fsp3) is 0. The lowest BCUT2D eigenvalue weighted by atomic mass is 10.1. The number of hydrogen-bond acceptors (Lipinski definition) is 4. The molecule has 0 aliphatic rings. The molecule has 4 nitrogen and oxygen atoms in total. The normalized spacial score (nSPS) is 10.6. The average Bonchev–Trinajstić information content (AvgIpc) is 2.63. The number of para-hydroxylation sites is 1. The third-order valence-electron chi connectivity index (χ3n) is 3.49. The maximum absolute atomic E-state index is 5.80. The van der Waals surface area contributed by atoms with E-state index in [1.54, 1.807) is 6.20 Å². The minimum absolute atomic E-state index is 0.696.